The van der Waals surface area contributed by atoms with E-state index in [0.717, 1.165) is 21.9 Å². The van der Waals surface area contributed by atoms with Crippen molar-refractivity contribution in [1.82, 2.24) is 20.8 Å². The lowest BCUT2D eigenvalue weighted by Gasteiger charge is -2.05. The Labute approximate surface area is 137 Å². The number of carbonyl (C=O) groups is 1. The van der Waals surface area contributed by atoms with Gasteiger partial charge in [0.15, 0.2) is 5.69 Å². The number of hydrogen-bond donors (Lipinski definition) is 3. The third kappa shape index (κ3) is 4.96. The third-order valence-electron chi connectivity index (χ3n) is 2.81. The van der Waals surface area contributed by atoms with E-state index in [1.54, 1.807) is 7.11 Å². The fourth-order valence-electron chi connectivity index (χ4n) is 1.81. The van der Waals surface area contributed by atoms with Gasteiger partial charge in [0.25, 0.3) is 5.91 Å². The van der Waals surface area contributed by atoms with E-state index in [1.165, 1.54) is 0 Å². The van der Waals surface area contributed by atoms with Gasteiger partial charge in [0.1, 0.15) is 0 Å². The number of rotatable bonds is 7. The number of aromatic nitrogens is 2. The maximum Gasteiger partial charge on any atom is 0.272 e. The number of benzene rings is 1. The van der Waals surface area contributed by atoms with E-state index >= 15 is 0 Å². The number of fused-ring (bicyclic) bond motifs is 1. The van der Waals surface area contributed by atoms with E-state index in [9.17, 15) is 4.79 Å². The minimum atomic E-state index is -0.178. The van der Waals surface area contributed by atoms with Crippen molar-refractivity contribution in [3.63, 3.8) is 0 Å². The second-order valence-corrected chi connectivity index (χ2v) is 5.18. The second-order valence-electron chi connectivity index (χ2n) is 4.26. The minimum Gasteiger partial charge on any atom is -0.383 e. The predicted molar refractivity (Wildman–Crippen MR) is 88.1 cm³/mol. The van der Waals surface area contributed by atoms with E-state index in [-0.39, 0.29) is 18.3 Å². The van der Waals surface area contributed by atoms with Crippen LogP contribution in [0.2, 0.25) is 0 Å². The highest BCUT2D eigenvalue weighted by atomic mass is 79.9. The van der Waals surface area contributed by atoms with Crippen LogP contribution in [0.3, 0.4) is 0 Å². The molecule has 0 saturated carbocycles. The lowest BCUT2D eigenvalue weighted by Crippen LogP contribution is -2.33. The van der Waals surface area contributed by atoms with E-state index in [4.69, 9.17) is 4.74 Å². The van der Waals surface area contributed by atoms with E-state index in [0.29, 0.717) is 25.4 Å². The summed E-state index contributed by atoms with van der Waals surface area (Å²) < 4.78 is 5.84. The molecule has 2 aromatic rings. The number of methoxy groups -OCH3 is 1. The van der Waals surface area contributed by atoms with Crippen LogP contribution in [0.5, 0.6) is 0 Å². The third-order valence-corrected chi connectivity index (χ3v) is 3.30. The van der Waals surface area contributed by atoms with Gasteiger partial charge in [-0.1, -0.05) is 15.9 Å². The molecular weight excluding hydrogens is 360 g/mol. The van der Waals surface area contributed by atoms with Crippen molar-refractivity contribution in [1.29, 1.82) is 0 Å². The smallest absolute Gasteiger partial charge is 0.272 e. The molecule has 6 nitrogen and oxygen atoms in total. The van der Waals surface area contributed by atoms with Crippen LogP contribution in [0.1, 0.15) is 10.5 Å². The van der Waals surface area contributed by atoms with E-state index < -0.39 is 0 Å². The summed E-state index contributed by atoms with van der Waals surface area (Å²) in [5.74, 6) is -0.178. The number of halogens is 2. The second kappa shape index (κ2) is 8.99. The summed E-state index contributed by atoms with van der Waals surface area (Å²) in [6, 6.07) is 5.67. The standard InChI is InChI=1S/C13H17BrN4O2.ClH/c1-20-7-6-15-4-5-16-13(19)12-10-8-9(14)2-3-11(10)17-18-12;/h2-3,8,15H,4-7H2,1H3,(H,16,19)(H,17,18);1H. The van der Waals surface area contributed by atoms with Crippen molar-refractivity contribution in [2.75, 3.05) is 33.4 Å². The Morgan fingerprint density at radius 3 is 2.95 bits per heavy atom. The molecule has 0 radical (unpaired) electrons. The first-order valence-electron chi connectivity index (χ1n) is 6.34. The van der Waals surface area contributed by atoms with Gasteiger partial charge in [-0.05, 0) is 18.2 Å². The van der Waals surface area contributed by atoms with Crippen molar-refractivity contribution in [2.24, 2.45) is 0 Å². The van der Waals surface area contributed by atoms with Crippen LogP contribution >= 0.6 is 28.3 Å². The van der Waals surface area contributed by atoms with Crippen LogP contribution in [-0.4, -0.2) is 49.5 Å². The van der Waals surface area contributed by atoms with Gasteiger partial charge in [-0.15, -0.1) is 12.4 Å². The van der Waals surface area contributed by atoms with Gasteiger partial charge in [0, 0.05) is 36.6 Å². The highest BCUT2D eigenvalue weighted by molar-refractivity contribution is 9.10. The number of aromatic amines is 1. The molecule has 0 saturated heterocycles. The lowest BCUT2D eigenvalue weighted by molar-refractivity contribution is 0.0950. The fourth-order valence-corrected chi connectivity index (χ4v) is 2.17. The van der Waals surface area contributed by atoms with E-state index in [2.05, 4.69) is 36.8 Å². The summed E-state index contributed by atoms with van der Waals surface area (Å²) in [6.07, 6.45) is 0. The van der Waals surface area contributed by atoms with Gasteiger partial charge in [0.2, 0.25) is 0 Å². The maximum absolute atomic E-state index is 12.1. The molecule has 0 bridgehead atoms. The first-order chi connectivity index (χ1) is 9.72. The summed E-state index contributed by atoms with van der Waals surface area (Å²) in [5, 5.41) is 13.7. The number of ether oxygens (including phenoxy) is 1. The molecular formula is C13H18BrClN4O2. The summed E-state index contributed by atoms with van der Waals surface area (Å²) in [6.45, 7) is 2.67. The van der Waals surface area contributed by atoms with Crippen LogP contribution in [0.25, 0.3) is 10.9 Å². The first-order valence-corrected chi connectivity index (χ1v) is 7.13. The Morgan fingerprint density at radius 1 is 1.38 bits per heavy atom. The van der Waals surface area contributed by atoms with Crippen LogP contribution in [-0.2, 0) is 4.74 Å². The monoisotopic (exact) mass is 376 g/mol. The Balaban J connectivity index is 0.00000220. The first kappa shape index (κ1) is 17.9. The molecule has 0 unspecified atom stereocenters. The van der Waals surface area contributed by atoms with Gasteiger partial charge < -0.3 is 15.4 Å². The van der Waals surface area contributed by atoms with Crippen LogP contribution in [0.4, 0.5) is 0 Å². The van der Waals surface area contributed by atoms with Crippen LogP contribution in [0, 0.1) is 0 Å². The topological polar surface area (TPSA) is 79.0 Å². The molecule has 0 atom stereocenters. The van der Waals surface area contributed by atoms with Crippen LogP contribution < -0.4 is 10.6 Å². The number of H-pyrrole nitrogens is 1. The van der Waals surface area contributed by atoms with Gasteiger partial charge >= 0.3 is 0 Å². The minimum absolute atomic E-state index is 0. The number of hydrogen-bond acceptors (Lipinski definition) is 4. The molecule has 0 fully saturated rings. The largest absolute Gasteiger partial charge is 0.383 e. The molecule has 0 spiro atoms. The summed E-state index contributed by atoms with van der Waals surface area (Å²) in [4.78, 5) is 12.1. The SMILES string of the molecule is COCCNCCNC(=O)c1n[nH]c2ccc(Br)cc12.Cl. The van der Waals surface area contributed by atoms with E-state index in [1.807, 2.05) is 18.2 Å². The van der Waals surface area contributed by atoms with Gasteiger partial charge in [0.05, 0.1) is 12.1 Å². The Morgan fingerprint density at radius 2 is 2.19 bits per heavy atom. The number of amides is 1. The molecule has 1 amide bonds. The van der Waals surface area contributed by atoms with Gasteiger partial charge in [-0.3, -0.25) is 9.89 Å². The maximum atomic E-state index is 12.1. The summed E-state index contributed by atoms with van der Waals surface area (Å²) in [7, 11) is 1.66. The Hall–Kier alpha value is -1.15. The molecule has 3 N–H and O–H groups in total. The molecule has 0 aliphatic carbocycles. The Kier molecular flexibility index (Phi) is 7.66. The zero-order valence-electron chi connectivity index (χ0n) is 11.6. The van der Waals surface area contributed by atoms with Crippen LogP contribution in [0.15, 0.2) is 22.7 Å². The number of nitrogens with zero attached hydrogens (tertiary/aromatic N) is 1. The van der Waals surface area contributed by atoms with Crippen molar-refractivity contribution >= 4 is 45.1 Å². The van der Waals surface area contributed by atoms with Crippen molar-refractivity contribution in [3.8, 4) is 0 Å². The molecule has 116 valence electrons. The molecule has 2 rings (SSSR count). The Bertz CT molecular complexity index is 591. The quantitative estimate of drug-likeness (QED) is 0.642. The number of carbonyl (C=O) groups excluding carboxylic acids is 1. The lowest BCUT2D eigenvalue weighted by atomic mass is 10.2. The summed E-state index contributed by atoms with van der Waals surface area (Å²) in [5.41, 5.74) is 1.26. The number of nitrogens with one attached hydrogen (secondary N) is 3. The van der Waals surface area contributed by atoms with Crippen molar-refractivity contribution in [2.45, 2.75) is 0 Å². The molecule has 1 heterocycles. The van der Waals surface area contributed by atoms with Crippen molar-refractivity contribution in [3.05, 3.63) is 28.4 Å². The molecule has 0 aliphatic rings. The van der Waals surface area contributed by atoms with Gasteiger partial charge in [-0.2, -0.15) is 5.10 Å². The highest BCUT2D eigenvalue weighted by Crippen LogP contribution is 2.20. The average molecular weight is 378 g/mol. The molecule has 8 heteroatoms. The molecule has 21 heavy (non-hydrogen) atoms. The average Bonchev–Trinajstić information content (AvgIpc) is 2.85. The zero-order valence-corrected chi connectivity index (χ0v) is 14.0. The molecule has 1 aromatic heterocycles. The molecule has 0 aliphatic heterocycles. The molecule has 1 aromatic carbocycles. The zero-order chi connectivity index (χ0) is 14.4. The fraction of sp³-hybridized carbons (Fsp3) is 0.385. The normalized spacial score (nSPS) is 10.4. The summed E-state index contributed by atoms with van der Waals surface area (Å²) >= 11 is 3.39. The van der Waals surface area contributed by atoms with Crippen molar-refractivity contribution < 1.29 is 9.53 Å². The predicted octanol–water partition coefficient (Wildman–Crippen LogP) is 1.71. The van der Waals surface area contributed by atoms with Gasteiger partial charge in [-0.25, -0.2) is 0 Å². The highest BCUT2D eigenvalue weighted by Gasteiger charge is 2.13.